The Morgan fingerprint density at radius 1 is 1.26 bits per heavy atom. The molecule has 4 rings (SSSR count). The smallest absolute Gasteiger partial charge is 0.271 e. The molecule has 0 spiro atoms. The second-order valence-electron chi connectivity index (χ2n) is 7.77. The molecular weight excluding hydrogens is 344 g/mol. The van der Waals surface area contributed by atoms with Crippen LogP contribution in [0.4, 0.5) is 0 Å². The molecule has 2 amide bonds. The molecule has 3 atom stereocenters. The molecule has 3 heterocycles. The SMILES string of the molecule is COc1ccc2cc(C(=O)N3C[C@@H]4C[C@H](N(C)C)CN4C(=O)[C@@H]3C)[nH]c2c1. The number of nitrogens with one attached hydrogen (secondary N) is 1. The molecule has 1 aromatic carbocycles. The van der Waals surface area contributed by atoms with Crippen molar-refractivity contribution in [1.82, 2.24) is 19.7 Å². The molecule has 1 N–H and O–H groups in total. The van der Waals surface area contributed by atoms with Crippen LogP contribution in [-0.2, 0) is 4.79 Å². The van der Waals surface area contributed by atoms with Crippen LogP contribution < -0.4 is 4.74 Å². The van der Waals surface area contributed by atoms with Gasteiger partial charge in [-0.3, -0.25) is 9.59 Å². The van der Waals surface area contributed by atoms with Gasteiger partial charge in [0.05, 0.1) is 13.2 Å². The van der Waals surface area contributed by atoms with Gasteiger partial charge in [-0.05, 0) is 45.6 Å². The lowest BCUT2D eigenvalue weighted by Crippen LogP contribution is -2.60. The number of nitrogens with zero attached hydrogens (tertiary/aromatic N) is 3. The molecule has 0 aliphatic carbocycles. The van der Waals surface area contributed by atoms with Crippen molar-refractivity contribution in [1.29, 1.82) is 0 Å². The van der Waals surface area contributed by atoms with Crippen LogP contribution in [0.3, 0.4) is 0 Å². The van der Waals surface area contributed by atoms with E-state index in [2.05, 4.69) is 9.88 Å². The second-order valence-corrected chi connectivity index (χ2v) is 7.77. The first-order chi connectivity index (χ1) is 12.9. The van der Waals surface area contributed by atoms with Crippen molar-refractivity contribution in [2.45, 2.75) is 31.5 Å². The number of fused-ring (bicyclic) bond motifs is 2. The molecule has 2 aliphatic rings. The van der Waals surface area contributed by atoms with Crippen molar-refractivity contribution in [3.63, 3.8) is 0 Å². The van der Waals surface area contributed by atoms with Crippen LogP contribution in [0.2, 0.25) is 0 Å². The fourth-order valence-corrected chi connectivity index (χ4v) is 4.23. The summed E-state index contributed by atoms with van der Waals surface area (Å²) < 4.78 is 5.25. The molecule has 0 saturated carbocycles. The van der Waals surface area contributed by atoms with E-state index in [4.69, 9.17) is 4.74 Å². The maximum Gasteiger partial charge on any atom is 0.271 e. The highest BCUT2D eigenvalue weighted by atomic mass is 16.5. The number of hydrogen-bond donors (Lipinski definition) is 1. The third-order valence-corrected chi connectivity index (χ3v) is 5.96. The summed E-state index contributed by atoms with van der Waals surface area (Å²) in [6.07, 6.45) is 0.902. The Labute approximate surface area is 158 Å². The summed E-state index contributed by atoms with van der Waals surface area (Å²) in [6.45, 7) is 3.15. The van der Waals surface area contributed by atoms with Crippen LogP contribution in [0.25, 0.3) is 10.9 Å². The minimum absolute atomic E-state index is 0.0433. The predicted octanol–water partition coefficient (Wildman–Crippen LogP) is 1.55. The molecule has 1 aromatic heterocycles. The number of aromatic nitrogens is 1. The van der Waals surface area contributed by atoms with Crippen molar-refractivity contribution < 1.29 is 14.3 Å². The number of carbonyl (C=O) groups is 2. The van der Waals surface area contributed by atoms with Crippen LogP contribution >= 0.6 is 0 Å². The van der Waals surface area contributed by atoms with Crippen LogP contribution in [0, 0.1) is 0 Å². The number of H-pyrrole nitrogens is 1. The number of aromatic amines is 1. The highest BCUT2D eigenvalue weighted by molar-refractivity contribution is 6.01. The molecular formula is C20H26N4O3. The number of benzene rings is 1. The van der Waals surface area contributed by atoms with E-state index in [1.807, 2.05) is 50.2 Å². The van der Waals surface area contributed by atoms with Crippen LogP contribution in [0.5, 0.6) is 5.75 Å². The highest BCUT2D eigenvalue weighted by Crippen LogP contribution is 2.29. The van der Waals surface area contributed by atoms with Gasteiger partial charge in [0, 0.05) is 36.1 Å². The van der Waals surface area contributed by atoms with E-state index in [0.29, 0.717) is 18.3 Å². The van der Waals surface area contributed by atoms with Gasteiger partial charge < -0.3 is 24.4 Å². The van der Waals surface area contributed by atoms with Crippen molar-refractivity contribution >= 4 is 22.7 Å². The van der Waals surface area contributed by atoms with Gasteiger partial charge in [0.2, 0.25) is 5.91 Å². The number of amides is 2. The summed E-state index contributed by atoms with van der Waals surface area (Å²) in [5.41, 5.74) is 1.36. The van der Waals surface area contributed by atoms with Crippen LogP contribution in [0.1, 0.15) is 23.8 Å². The van der Waals surface area contributed by atoms with E-state index in [1.165, 1.54) is 0 Å². The molecule has 7 nitrogen and oxygen atoms in total. The Morgan fingerprint density at radius 2 is 2.04 bits per heavy atom. The van der Waals surface area contributed by atoms with E-state index in [0.717, 1.165) is 29.6 Å². The lowest BCUT2D eigenvalue weighted by Gasteiger charge is -2.41. The zero-order valence-corrected chi connectivity index (χ0v) is 16.2. The van der Waals surface area contributed by atoms with Crippen LogP contribution in [-0.4, -0.2) is 83.9 Å². The minimum atomic E-state index is -0.449. The number of methoxy groups -OCH3 is 1. The first kappa shape index (κ1) is 17.9. The number of hydrogen-bond acceptors (Lipinski definition) is 4. The van der Waals surface area contributed by atoms with Gasteiger partial charge in [-0.2, -0.15) is 0 Å². The average Bonchev–Trinajstić information content (AvgIpc) is 3.27. The number of ether oxygens (including phenoxy) is 1. The molecule has 0 bridgehead atoms. The zero-order chi connectivity index (χ0) is 19.3. The van der Waals surface area contributed by atoms with Crippen molar-refractivity contribution in [2.75, 3.05) is 34.3 Å². The van der Waals surface area contributed by atoms with E-state index < -0.39 is 6.04 Å². The normalized spacial score (nSPS) is 25.4. The first-order valence-corrected chi connectivity index (χ1v) is 9.33. The van der Waals surface area contributed by atoms with Gasteiger partial charge in [0.15, 0.2) is 0 Å². The Hall–Kier alpha value is -2.54. The molecule has 7 heteroatoms. The van der Waals surface area contributed by atoms with Crippen LogP contribution in [0.15, 0.2) is 24.3 Å². The molecule has 144 valence electrons. The van der Waals surface area contributed by atoms with Crippen molar-refractivity contribution in [3.8, 4) is 5.75 Å². The molecule has 27 heavy (non-hydrogen) atoms. The van der Waals surface area contributed by atoms with Gasteiger partial charge in [-0.25, -0.2) is 0 Å². The highest BCUT2D eigenvalue weighted by Gasteiger charge is 2.45. The first-order valence-electron chi connectivity index (χ1n) is 9.33. The summed E-state index contributed by atoms with van der Waals surface area (Å²) in [4.78, 5) is 35.0. The zero-order valence-electron chi connectivity index (χ0n) is 16.2. The Balaban J connectivity index is 1.59. The summed E-state index contributed by atoms with van der Waals surface area (Å²) in [6, 6.07) is 7.50. The van der Waals surface area contributed by atoms with Gasteiger partial charge in [0.25, 0.3) is 5.91 Å². The van der Waals surface area contributed by atoms with E-state index in [1.54, 1.807) is 12.0 Å². The van der Waals surface area contributed by atoms with E-state index >= 15 is 0 Å². The van der Waals surface area contributed by atoms with E-state index in [-0.39, 0.29) is 17.9 Å². The lowest BCUT2D eigenvalue weighted by molar-refractivity contribution is -0.141. The molecule has 2 aromatic rings. The Kier molecular flexibility index (Phi) is 4.34. The fourth-order valence-electron chi connectivity index (χ4n) is 4.23. The van der Waals surface area contributed by atoms with Gasteiger partial charge in [0.1, 0.15) is 17.5 Å². The molecule has 2 fully saturated rings. The van der Waals surface area contributed by atoms with Gasteiger partial charge in [-0.15, -0.1) is 0 Å². The monoisotopic (exact) mass is 370 g/mol. The summed E-state index contributed by atoms with van der Waals surface area (Å²) in [5.74, 6) is 0.655. The molecule has 0 unspecified atom stereocenters. The molecule has 0 radical (unpaired) electrons. The standard InChI is InChI=1S/C20H26N4O3/c1-12-19(25)24-10-14(22(2)3)8-15(24)11-23(12)20(26)18-7-13-5-6-16(27-4)9-17(13)21-18/h5-7,9,12,14-15,21H,8,10-11H2,1-4H3/t12-,14-,15-/m0/s1. The largest absolute Gasteiger partial charge is 0.497 e. The number of likely N-dealkylation sites (N-methyl/N-ethyl adjacent to an activating group) is 1. The van der Waals surface area contributed by atoms with Gasteiger partial charge >= 0.3 is 0 Å². The fraction of sp³-hybridized carbons (Fsp3) is 0.500. The Bertz CT molecular complexity index is 890. The van der Waals surface area contributed by atoms with Crippen molar-refractivity contribution in [2.24, 2.45) is 0 Å². The second kappa shape index (κ2) is 6.56. The summed E-state index contributed by atoms with van der Waals surface area (Å²) in [7, 11) is 5.70. The predicted molar refractivity (Wildman–Crippen MR) is 103 cm³/mol. The van der Waals surface area contributed by atoms with Crippen molar-refractivity contribution in [3.05, 3.63) is 30.0 Å². The number of carbonyl (C=O) groups excluding carboxylic acids is 2. The van der Waals surface area contributed by atoms with E-state index in [9.17, 15) is 9.59 Å². The third kappa shape index (κ3) is 2.96. The third-order valence-electron chi connectivity index (χ3n) is 5.96. The number of rotatable bonds is 3. The quantitative estimate of drug-likeness (QED) is 0.890. The topological polar surface area (TPSA) is 68.9 Å². The minimum Gasteiger partial charge on any atom is -0.497 e. The molecule has 2 aliphatic heterocycles. The molecule has 2 saturated heterocycles. The maximum atomic E-state index is 13.2. The average molecular weight is 370 g/mol. The summed E-state index contributed by atoms with van der Waals surface area (Å²) in [5, 5.41) is 0.949. The maximum absolute atomic E-state index is 13.2. The lowest BCUT2D eigenvalue weighted by atomic mass is 10.1. The Morgan fingerprint density at radius 3 is 2.74 bits per heavy atom. The number of piperazine rings is 1. The summed E-state index contributed by atoms with van der Waals surface area (Å²) >= 11 is 0. The van der Waals surface area contributed by atoms with Gasteiger partial charge in [-0.1, -0.05) is 0 Å².